The van der Waals surface area contributed by atoms with Crippen molar-refractivity contribution in [3.63, 3.8) is 0 Å². The lowest BCUT2D eigenvalue weighted by atomic mass is 9.77. The van der Waals surface area contributed by atoms with Crippen LogP contribution in [0.25, 0.3) is 0 Å². The molecular weight excluding hydrogens is 264 g/mol. The van der Waals surface area contributed by atoms with Gasteiger partial charge in [0.15, 0.2) is 5.43 Å². The van der Waals surface area contributed by atoms with E-state index in [2.05, 4.69) is 25.8 Å². The Labute approximate surface area is 126 Å². The van der Waals surface area contributed by atoms with Crippen LogP contribution in [0.3, 0.4) is 0 Å². The average molecular weight is 290 g/mol. The van der Waals surface area contributed by atoms with Gasteiger partial charge < -0.3 is 9.88 Å². The number of hydrogen-bond acceptors (Lipinski definition) is 2. The molecule has 0 bridgehead atoms. The summed E-state index contributed by atoms with van der Waals surface area (Å²) in [4.78, 5) is 29.0. The third-order valence-electron chi connectivity index (χ3n) is 4.45. The molecular formula is C17H26N2O2. The third kappa shape index (κ3) is 3.96. The molecule has 4 nitrogen and oxygen atoms in total. The zero-order chi connectivity index (χ0) is 15.6. The van der Waals surface area contributed by atoms with Gasteiger partial charge in [0, 0.05) is 30.9 Å². The molecule has 1 atom stereocenters. The number of likely N-dealkylation sites (tertiary alicyclic amines) is 1. The van der Waals surface area contributed by atoms with Crippen LogP contribution in [0.15, 0.2) is 16.9 Å². The van der Waals surface area contributed by atoms with Crippen molar-refractivity contribution in [2.75, 3.05) is 13.1 Å². The van der Waals surface area contributed by atoms with Gasteiger partial charge in [-0.25, -0.2) is 0 Å². The molecule has 2 heterocycles. The van der Waals surface area contributed by atoms with Crippen molar-refractivity contribution in [3.05, 3.63) is 33.7 Å². The van der Waals surface area contributed by atoms with Crippen LogP contribution in [0.2, 0.25) is 0 Å². The molecule has 1 aliphatic rings. The Kier molecular flexibility index (Phi) is 4.55. The second-order valence-corrected chi connectivity index (χ2v) is 7.20. The highest BCUT2D eigenvalue weighted by atomic mass is 16.2. The highest BCUT2D eigenvalue weighted by Crippen LogP contribution is 2.34. The van der Waals surface area contributed by atoms with Crippen LogP contribution < -0.4 is 5.43 Å². The molecule has 1 aliphatic heterocycles. The van der Waals surface area contributed by atoms with Crippen LogP contribution in [-0.4, -0.2) is 28.9 Å². The number of aryl methyl sites for hydroxylation is 1. The van der Waals surface area contributed by atoms with Crippen molar-refractivity contribution in [1.82, 2.24) is 9.88 Å². The zero-order valence-electron chi connectivity index (χ0n) is 13.5. The quantitative estimate of drug-likeness (QED) is 0.864. The molecule has 2 rings (SSSR count). The molecule has 1 aromatic heterocycles. The van der Waals surface area contributed by atoms with Gasteiger partial charge >= 0.3 is 0 Å². The maximum Gasteiger partial charge on any atom is 0.270 e. The van der Waals surface area contributed by atoms with Gasteiger partial charge in [-0.3, -0.25) is 9.59 Å². The fourth-order valence-corrected chi connectivity index (χ4v) is 3.13. The van der Waals surface area contributed by atoms with Gasteiger partial charge in [0.1, 0.15) is 5.69 Å². The second-order valence-electron chi connectivity index (χ2n) is 7.20. The van der Waals surface area contributed by atoms with Crippen molar-refractivity contribution in [3.8, 4) is 0 Å². The lowest BCUT2D eigenvalue weighted by Crippen LogP contribution is -2.33. The predicted octanol–water partition coefficient (Wildman–Crippen LogP) is 2.97. The summed E-state index contributed by atoms with van der Waals surface area (Å²) < 4.78 is 0. The molecule has 0 aromatic carbocycles. The fraction of sp³-hybridized carbons (Fsp3) is 0.647. The topological polar surface area (TPSA) is 53.2 Å². The van der Waals surface area contributed by atoms with Crippen molar-refractivity contribution in [2.24, 2.45) is 11.3 Å². The number of hydrogen-bond donors (Lipinski definition) is 1. The molecule has 1 aromatic rings. The highest BCUT2D eigenvalue weighted by Gasteiger charge is 2.28. The van der Waals surface area contributed by atoms with Crippen molar-refractivity contribution < 1.29 is 4.79 Å². The number of H-pyrrole nitrogens is 1. The molecule has 1 saturated heterocycles. The molecule has 116 valence electrons. The van der Waals surface area contributed by atoms with E-state index < -0.39 is 0 Å². The van der Waals surface area contributed by atoms with E-state index in [1.54, 1.807) is 6.92 Å². The van der Waals surface area contributed by atoms with Gasteiger partial charge in [0.25, 0.3) is 5.91 Å². The van der Waals surface area contributed by atoms with Crippen LogP contribution in [-0.2, 0) is 0 Å². The number of aromatic nitrogens is 1. The minimum Gasteiger partial charge on any atom is -0.354 e. The first-order valence-corrected chi connectivity index (χ1v) is 7.77. The van der Waals surface area contributed by atoms with Crippen LogP contribution >= 0.6 is 0 Å². The van der Waals surface area contributed by atoms with E-state index in [1.807, 2.05) is 4.90 Å². The first-order valence-electron chi connectivity index (χ1n) is 7.77. The Hall–Kier alpha value is -1.58. The molecule has 0 spiro atoms. The monoisotopic (exact) mass is 290 g/mol. The van der Waals surface area contributed by atoms with Crippen molar-refractivity contribution in [1.29, 1.82) is 0 Å². The molecule has 1 fully saturated rings. The first kappa shape index (κ1) is 15.8. The lowest BCUT2D eigenvalue weighted by Gasteiger charge is -2.29. The fourth-order valence-electron chi connectivity index (χ4n) is 3.13. The number of carbonyl (C=O) groups is 1. The van der Waals surface area contributed by atoms with Crippen molar-refractivity contribution in [2.45, 2.75) is 47.0 Å². The van der Waals surface area contributed by atoms with Gasteiger partial charge in [-0.2, -0.15) is 0 Å². The highest BCUT2D eigenvalue weighted by molar-refractivity contribution is 5.92. The summed E-state index contributed by atoms with van der Waals surface area (Å²) >= 11 is 0. The Bertz CT molecular complexity index is 569. The zero-order valence-corrected chi connectivity index (χ0v) is 13.5. The lowest BCUT2D eigenvalue weighted by molar-refractivity contribution is 0.0749. The van der Waals surface area contributed by atoms with E-state index in [0.717, 1.165) is 38.0 Å². The van der Waals surface area contributed by atoms with Gasteiger partial charge in [-0.05, 0) is 37.5 Å². The number of rotatable bonds is 1. The summed E-state index contributed by atoms with van der Waals surface area (Å²) in [6.45, 7) is 10.2. The number of pyridine rings is 1. The number of aromatic amines is 1. The summed E-state index contributed by atoms with van der Waals surface area (Å²) in [7, 11) is 0. The largest absolute Gasteiger partial charge is 0.354 e. The van der Waals surface area contributed by atoms with Crippen LogP contribution in [0, 0.1) is 18.3 Å². The molecule has 1 amide bonds. The first-order chi connectivity index (χ1) is 9.77. The molecule has 0 saturated carbocycles. The number of amides is 1. The van der Waals surface area contributed by atoms with Gasteiger partial charge in [0.05, 0.1) is 0 Å². The molecule has 0 aliphatic carbocycles. The smallest absolute Gasteiger partial charge is 0.270 e. The van der Waals surface area contributed by atoms with E-state index in [1.165, 1.54) is 12.1 Å². The summed E-state index contributed by atoms with van der Waals surface area (Å²) in [6.07, 6.45) is 3.23. The summed E-state index contributed by atoms with van der Waals surface area (Å²) in [5.74, 6) is 0.595. The standard InChI is InChI=1S/C17H26N2O2/c1-12-10-14(20)11-15(18-12)16(21)19-8-5-6-13(7-9-19)17(2,3)4/h10-11,13H,5-9H2,1-4H3,(H,18,20). The molecule has 4 heteroatoms. The van der Waals surface area contributed by atoms with Gasteiger partial charge in [0.2, 0.25) is 0 Å². The van der Waals surface area contributed by atoms with Crippen LogP contribution in [0.5, 0.6) is 0 Å². The number of nitrogens with zero attached hydrogens (tertiary/aromatic N) is 1. The minimum absolute atomic E-state index is 0.0506. The number of carbonyl (C=O) groups excluding carboxylic acids is 1. The van der Waals surface area contributed by atoms with Crippen LogP contribution in [0.4, 0.5) is 0 Å². The van der Waals surface area contributed by atoms with E-state index in [4.69, 9.17) is 0 Å². The Balaban J connectivity index is 2.12. The minimum atomic E-state index is -0.114. The summed E-state index contributed by atoms with van der Waals surface area (Å²) in [5.41, 5.74) is 1.32. The van der Waals surface area contributed by atoms with Crippen molar-refractivity contribution >= 4 is 5.91 Å². The molecule has 0 radical (unpaired) electrons. The molecule has 1 N–H and O–H groups in total. The average Bonchev–Trinajstić information content (AvgIpc) is 2.61. The molecule has 21 heavy (non-hydrogen) atoms. The van der Waals surface area contributed by atoms with E-state index in [-0.39, 0.29) is 16.8 Å². The normalized spacial score (nSPS) is 20.2. The maximum atomic E-state index is 12.6. The maximum absolute atomic E-state index is 12.6. The van der Waals surface area contributed by atoms with Gasteiger partial charge in [-0.15, -0.1) is 0 Å². The van der Waals surface area contributed by atoms with E-state index in [0.29, 0.717) is 11.6 Å². The molecule has 1 unspecified atom stereocenters. The van der Waals surface area contributed by atoms with Crippen LogP contribution in [0.1, 0.15) is 56.2 Å². The summed E-state index contributed by atoms with van der Waals surface area (Å²) in [5, 5.41) is 0. The number of nitrogens with one attached hydrogen (secondary N) is 1. The second kappa shape index (κ2) is 6.04. The summed E-state index contributed by atoms with van der Waals surface area (Å²) in [6, 6.07) is 2.91. The SMILES string of the molecule is Cc1cc(=O)cc(C(=O)N2CCCC(C(C)(C)C)CC2)[nH]1. The van der Waals surface area contributed by atoms with E-state index in [9.17, 15) is 9.59 Å². The van der Waals surface area contributed by atoms with Gasteiger partial charge in [-0.1, -0.05) is 20.8 Å². The predicted molar refractivity (Wildman–Crippen MR) is 84.5 cm³/mol. The Morgan fingerprint density at radius 3 is 2.57 bits per heavy atom. The third-order valence-corrected chi connectivity index (χ3v) is 4.45. The van der Waals surface area contributed by atoms with E-state index >= 15 is 0 Å². The Morgan fingerprint density at radius 2 is 1.95 bits per heavy atom. The Morgan fingerprint density at radius 1 is 1.24 bits per heavy atom.